The van der Waals surface area contributed by atoms with Crippen LogP contribution in [-0.2, 0) is 0 Å². The van der Waals surface area contributed by atoms with E-state index in [-0.39, 0.29) is 0 Å². The molecule has 0 saturated carbocycles. The molecular formula is C34H45Cl3GeN3. The Hall–Kier alpha value is -1.92. The van der Waals surface area contributed by atoms with Crippen molar-refractivity contribution in [2.75, 3.05) is 0 Å². The van der Waals surface area contributed by atoms with E-state index in [1.165, 1.54) is 39.2 Å². The van der Waals surface area contributed by atoms with Crippen molar-refractivity contribution in [3.63, 3.8) is 0 Å². The van der Waals surface area contributed by atoms with Gasteiger partial charge in [0.25, 0.3) is 0 Å². The number of nitrogens with one attached hydrogen (secondary N) is 1. The van der Waals surface area contributed by atoms with Gasteiger partial charge in [0.2, 0.25) is 5.95 Å². The second-order valence-electron chi connectivity index (χ2n) is 11.4. The van der Waals surface area contributed by atoms with Crippen LogP contribution in [0.2, 0.25) is 0 Å². The van der Waals surface area contributed by atoms with Crippen LogP contribution in [0.25, 0.3) is 17.1 Å². The molecule has 0 aliphatic rings. The van der Waals surface area contributed by atoms with Crippen molar-refractivity contribution < 1.29 is 4.57 Å². The van der Waals surface area contributed by atoms with Gasteiger partial charge in [-0.05, 0) is 52.8 Å². The Labute approximate surface area is 265 Å². The molecule has 1 heterocycles. The van der Waals surface area contributed by atoms with E-state index in [1.807, 2.05) is 18.2 Å². The van der Waals surface area contributed by atoms with Crippen LogP contribution in [0, 0.1) is 6.92 Å². The molecular weight excluding hydrogens is 629 g/mol. The molecule has 4 aromatic rings. The SMILES string of the molecule is CC(C)c1cccc(C(C)C)c1-n1cc[n+](-c2c(C(C)C)cccc2C(C)C)c1[NH-].Cc1ccccc1.[Cl][Ge]([Cl])[Cl]. The Morgan fingerprint density at radius 2 is 1.02 bits per heavy atom. The van der Waals surface area contributed by atoms with Gasteiger partial charge in [-0.15, -0.1) is 0 Å². The summed E-state index contributed by atoms with van der Waals surface area (Å²) in [6, 6.07) is 23.4. The summed E-state index contributed by atoms with van der Waals surface area (Å²) in [5.41, 5.74) is 18.0. The van der Waals surface area contributed by atoms with Crippen LogP contribution in [0.1, 0.15) is 107 Å². The van der Waals surface area contributed by atoms with Crippen LogP contribution in [-0.4, -0.2) is 16.1 Å². The number of hydrogen-bond acceptors (Lipinski definition) is 0. The number of aromatic nitrogens is 2. The van der Waals surface area contributed by atoms with E-state index in [9.17, 15) is 5.73 Å². The molecule has 0 saturated heterocycles. The number of nitrogens with zero attached hydrogens (tertiary/aromatic N) is 2. The molecule has 7 heteroatoms. The monoisotopic (exact) mass is 674 g/mol. The molecule has 1 N–H and O–H groups in total. The number of benzene rings is 3. The van der Waals surface area contributed by atoms with Crippen molar-refractivity contribution >= 4 is 47.5 Å². The zero-order chi connectivity index (χ0) is 30.9. The molecule has 0 aliphatic heterocycles. The van der Waals surface area contributed by atoms with E-state index in [0.29, 0.717) is 29.6 Å². The van der Waals surface area contributed by atoms with Crippen molar-refractivity contribution in [1.29, 1.82) is 0 Å². The molecule has 0 aliphatic carbocycles. The maximum absolute atomic E-state index is 9.18. The predicted molar refractivity (Wildman–Crippen MR) is 182 cm³/mol. The maximum atomic E-state index is 9.18. The average molecular weight is 675 g/mol. The average Bonchev–Trinajstić information content (AvgIpc) is 3.28. The molecule has 4 rings (SSSR count). The summed E-state index contributed by atoms with van der Waals surface area (Å²) in [6.45, 7) is 19.9. The normalized spacial score (nSPS) is 11.1. The Morgan fingerprint density at radius 1 is 0.634 bits per heavy atom. The number of aryl methyl sites for hydroxylation is 1. The van der Waals surface area contributed by atoms with E-state index in [0.717, 1.165) is 0 Å². The summed E-state index contributed by atoms with van der Waals surface area (Å²) in [7, 11) is 14.9. The fourth-order valence-corrected chi connectivity index (χ4v) is 4.87. The van der Waals surface area contributed by atoms with Gasteiger partial charge < -0.3 is 0 Å². The van der Waals surface area contributed by atoms with Crippen molar-refractivity contribution in [3.05, 3.63) is 113 Å². The third-order valence-electron chi connectivity index (χ3n) is 6.93. The summed E-state index contributed by atoms with van der Waals surface area (Å²) < 4.78 is 4.15. The minimum atomic E-state index is -1.92. The number of halogens is 3. The molecule has 221 valence electrons. The van der Waals surface area contributed by atoms with Crippen LogP contribution < -0.4 is 4.57 Å². The molecule has 3 nitrogen and oxygen atoms in total. The van der Waals surface area contributed by atoms with Gasteiger partial charge >= 0.3 is 41.6 Å². The number of para-hydroxylation sites is 2. The minimum absolute atomic E-state index is 0.392. The first-order valence-electron chi connectivity index (χ1n) is 14.2. The summed E-state index contributed by atoms with van der Waals surface area (Å²) in [5, 5.41) is 0. The number of hydrogen-bond donors (Lipinski definition) is 0. The van der Waals surface area contributed by atoms with Crippen molar-refractivity contribution in [2.24, 2.45) is 0 Å². The summed E-state index contributed by atoms with van der Waals surface area (Å²) in [5.74, 6) is 2.07. The Morgan fingerprint density at radius 3 is 1.37 bits per heavy atom. The standard InChI is InChI=1S/C27H37N3.C7H8.Cl3Ge/c1-17(2)21-11-9-12-22(18(3)4)25(21)29-15-16-30(27(29)28)26-23(19(5)6)13-10-14-24(26)20(7)8;1-7-5-3-2-4-6-7;1-4(2)3/h9-20,28H,1-8H3;2-6H,1H3;. The van der Waals surface area contributed by atoms with E-state index < -0.39 is 11.6 Å². The third-order valence-corrected chi connectivity index (χ3v) is 6.93. The first kappa shape index (κ1) is 35.3. The van der Waals surface area contributed by atoms with E-state index >= 15 is 0 Å². The van der Waals surface area contributed by atoms with Crippen LogP contribution in [0.3, 0.4) is 0 Å². The Balaban J connectivity index is 0.000000447. The fraction of sp³-hybridized carbons (Fsp3) is 0.382. The zero-order valence-corrected chi connectivity index (χ0v) is 30.2. The first-order valence-corrected chi connectivity index (χ1v) is 22.5. The molecule has 0 atom stereocenters. The van der Waals surface area contributed by atoms with Gasteiger partial charge in [-0.3, -0.25) is 14.9 Å². The predicted octanol–water partition coefficient (Wildman–Crippen LogP) is 11.6. The van der Waals surface area contributed by atoms with E-state index in [4.69, 9.17) is 30.0 Å². The number of imidazole rings is 1. The molecule has 0 fully saturated rings. The van der Waals surface area contributed by atoms with Crippen molar-refractivity contribution in [3.8, 4) is 11.4 Å². The van der Waals surface area contributed by atoms with Crippen LogP contribution in [0.15, 0.2) is 79.1 Å². The third kappa shape index (κ3) is 9.81. The second-order valence-corrected chi connectivity index (χ2v) is 21.2. The fourth-order valence-electron chi connectivity index (χ4n) is 4.87. The topological polar surface area (TPSA) is 32.6 Å². The molecule has 3 aromatic carbocycles. The molecule has 0 amide bonds. The van der Waals surface area contributed by atoms with Crippen LogP contribution >= 0.6 is 30.0 Å². The van der Waals surface area contributed by atoms with Gasteiger partial charge in [-0.25, -0.2) is 0 Å². The summed E-state index contributed by atoms with van der Waals surface area (Å²) in [6.07, 6.45) is 4.13. The van der Waals surface area contributed by atoms with Gasteiger partial charge in [0, 0.05) is 12.4 Å². The molecule has 41 heavy (non-hydrogen) atoms. The quantitative estimate of drug-likeness (QED) is 0.144. The molecule has 1 aromatic heterocycles. The van der Waals surface area contributed by atoms with Gasteiger partial charge in [0.1, 0.15) is 0 Å². The molecule has 1 radical (unpaired) electrons. The molecule has 0 spiro atoms. The Kier molecular flexibility index (Phi) is 14.3. The van der Waals surface area contributed by atoms with Gasteiger partial charge in [-0.1, -0.05) is 128 Å². The van der Waals surface area contributed by atoms with Gasteiger partial charge in [0.15, 0.2) is 0 Å². The van der Waals surface area contributed by atoms with Crippen molar-refractivity contribution in [2.45, 2.75) is 86.0 Å². The second kappa shape index (κ2) is 16.7. The Bertz CT molecular complexity index is 1230. The van der Waals surface area contributed by atoms with Crippen LogP contribution in [0.5, 0.6) is 0 Å². The molecule has 0 unspecified atom stereocenters. The van der Waals surface area contributed by atoms with Crippen LogP contribution in [0.4, 0.5) is 5.95 Å². The van der Waals surface area contributed by atoms with E-state index in [2.05, 4.69) is 132 Å². The van der Waals surface area contributed by atoms with Gasteiger partial charge in [0.05, 0.1) is 11.4 Å². The first-order chi connectivity index (χ1) is 19.3. The zero-order valence-electron chi connectivity index (χ0n) is 25.8. The summed E-state index contributed by atoms with van der Waals surface area (Å²) >= 11 is -1.92. The van der Waals surface area contributed by atoms with Crippen molar-refractivity contribution in [1.82, 2.24) is 4.57 Å². The summed E-state index contributed by atoms with van der Waals surface area (Å²) in [4.78, 5) is 0. The number of rotatable bonds is 6. The van der Waals surface area contributed by atoms with Gasteiger partial charge in [-0.2, -0.15) is 0 Å². The van der Waals surface area contributed by atoms with E-state index in [1.54, 1.807) is 0 Å². The molecule has 0 bridgehead atoms.